The van der Waals surface area contributed by atoms with Crippen LogP contribution in [0.25, 0.3) is 0 Å². The number of carbonyl (C=O) groups is 3. The smallest absolute Gasteiger partial charge is 0.262 e. The molecule has 0 radical (unpaired) electrons. The second-order valence-corrected chi connectivity index (χ2v) is 6.59. The summed E-state index contributed by atoms with van der Waals surface area (Å²) >= 11 is 0. The Morgan fingerprint density at radius 3 is 2.15 bits per heavy atom. The van der Waals surface area contributed by atoms with E-state index in [0.29, 0.717) is 16.7 Å². The van der Waals surface area contributed by atoms with Crippen molar-refractivity contribution in [2.45, 2.75) is 25.4 Å². The second-order valence-electron chi connectivity index (χ2n) is 6.59. The highest BCUT2D eigenvalue weighted by Gasteiger charge is 2.39. The van der Waals surface area contributed by atoms with Crippen LogP contribution in [0.15, 0.2) is 48.5 Å². The highest BCUT2D eigenvalue weighted by Crippen LogP contribution is 2.30. The summed E-state index contributed by atoms with van der Waals surface area (Å²) in [6.07, 6.45) is 1.70. The molecule has 26 heavy (non-hydrogen) atoms. The fourth-order valence-electron chi connectivity index (χ4n) is 3.23. The Morgan fingerprint density at radius 1 is 1.00 bits per heavy atom. The molecule has 2 aliphatic rings. The van der Waals surface area contributed by atoms with Gasteiger partial charge >= 0.3 is 0 Å². The van der Waals surface area contributed by atoms with Crippen LogP contribution in [-0.2, 0) is 11.3 Å². The van der Waals surface area contributed by atoms with E-state index in [4.69, 9.17) is 0 Å². The molecule has 0 unspecified atom stereocenters. The van der Waals surface area contributed by atoms with Crippen molar-refractivity contribution < 1.29 is 18.8 Å². The van der Waals surface area contributed by atoms with Crippen LogP contribution in [0.3, 0.4) is 0 Å². The number of hydrogen-bond acceptors (Lipinski definition) is 3. The van der Waals surface area contributed by atoms with Gasteiger partial charge in [0.2, 0.25) is 5.91 Å². The van der Waals surface area contributed by atoms with Crippen molar-refractivity contribution in [1.29, 1.82) is 0 Å². The molecule has 5 nitrogen and oxygen atoms in total. The lowest BCUT2D eigenvalue weighted by Gasteiger charge is -2.25. The summed E-state index contributed by atoms with van der Waals surface area (Å²) in [5, 5.41) is 0. The summed E-state index contributed by atoms with van der Waals surface area (Å²) in [4.78, 5) is 40.2. The molecular weight excluding hydrogens is 335 g/mol. The fourth-order valence-corrected chi connectivity index (χ4v) is 3.23. The van der Waals surface area contributed by atoms with Crippen molar-refractivity contribution in [3.05, 3.63) is 71.0 Å². The maximum Gasteiger partial charge on any atom is 0.262 e. The summed E-state index contributed by atoms with van der Waals surface area (Å²) in [5.41, 5.74) is 1.06. The van der Waals surface area contributed by atoms with Crippen LogP contribution in [0.2, 0.25) is 0 Å². The van der Waals surface area contributed by atoms with Gasteiger partial charge in [0.05, 0.1) is 11.1 Å². The van der Waals surface area contributed by atoms with Gasteiger partial charge in [-0.3, -0.25) is 19.3 Å². The van der Waals surface area contributed by atoms with Gasteiger partial charge in [0.15, 0.2) is 0 Å². The van der Waals surface area contributed by atoms with Gasteiger partial charge in [0.1, 0.15) is 12.4 Å². The Labute approximate surface area is 150 Å². The van der Waals surface area contributed by atoms with Crippen molar-refractivity contribution in [3.63, 3.8) is 0 Å². The SMILES string of the molecule is O=C1c2ccccc2C(=O)N1CC(=O)N(Cc1ccccc1F)C1CC1. The topological polar surface area (TPSA) is 57.7 Å². The lowest BCUT2D eigenvalue weighted by atomic mass is 10.1. The molecule has 0 spiro atoms. The molecule has 0 saturated heterocycles. The van der Waals surface area contributed by atoms with E-state index in [9.17, 15) is 18.8 Å². The van der Waals surface area contributed by atoms with E-state index in [0.717, 1.165) is 17.7 Å². The maximum absolute atomic E-state index is 13.9. The van der Waals surface area contributed by atoms with Crippen molar-refractivity contribution in [2.75, 3.05) is 6.54 Å². The minimum Gasteiger partial charge on any atom is -0.334 e. The summed E-state index contributed by atoms with van der Waals surface area (Å²) < 4.78 is 13.9. The van der Waals surface area contributed by atoms with Crippen LogP contribution >= 0.6 is 0 Å². The third kappa shape index (κ3) is 2.87. The van der Waals surface area contributed by atoms with Crippen LogP contribution in [0.1, 0.15) is 39.1 Å². The molecule has 1 aliphatic carbocycles. The van der Waals surface area contributed by atoms with E-state index < -0.39 is 11.8 Å². The van der Waals surface area contributed by atoms with Gasteiger partial charge in [-0.25, -0.2) is 4.39 Å². The van der Waals surface area contributed by atoms with E-state index in [-0.39, 0.29) is 30.9 Å². The predicted octanol–water partition coefficient (Wildman–Crippen LogP) is 2.61. The maximum atomic E-state index is 13.9. The highest BCUT2D eigenvalue weighted by molar-refractivity contribution is 6.22. The van der Waals surface area contributed by atoms with E-state index in [1.165, 1.54) is 6.07 Å². The molecule has 1 aliphatic heterocycles. The number of benzene rings is 2. The van der Waals surface area contributed by atoms with Crippen LogP contribution in [0.4, 0.5) is 4.39 Å². The van der Waals surface area contributed by atoms with Crippen molar-refractivity contribution in [2.24, 2.45) is 0 Å². The number of nitrogens with zero attached hydrogens (tertiary/aromatic N) is 2. The van der Waals surface area contributed by atoms with Crippen LogP contribution in [0.5, 0.6) is 0 Å². The lowest BCUT2D eigenvalue weighted by molar-refractivity contribution is -0.132. The zero-order chi connectivity index (χ0) is 18.3. The first-order chi connectivity index (χ1) is 12.6. The van der Waals surface area contributed by atoms with Gasteiger partial charge < -0.3 is 4.90 Å². The first-order valence-corrected chi connectivity index (χ1v) is 8.54. The average molecular weight is 352 g/mol. The minimum atomic E-state index is -0.458. The number of carbonyl (C=O) groups excluding carboxylic acids is 3. The fraction of sp³-hybridized carbons (Fsp3) is 0.250. The van der Waals surface area contributed by atoms with Crippen LogP contribution in [-0.4, -0.2) is 40.1 Å². The first kappa shape index (κ1) is 16.4. The molecular formula is C20H17FN2O3. The first-order valence-electron chi connectivity index (χ1n) is 8.54. The molecule has 6 heteroatoms. The lowest BCUT2D eigenvalue weighted by Crippen LogP contribution is -2.43. The molecule has 2 aromatic carbocycles. The number of halogens is 1. The van der Waals surface area contributed by atoms with E-state index in [1.807, 2.05) is 0 Å². The Hall–Kier alpha value is -3.02. The van der Waals surface area contributed by atoms with E-state index >= 15 is 0 Å². The molecule has 0 aromatic heterocycles. The van der Waals surface area contributed by atoms with Crippen molar-refractivity contribution in [3.8, 4) is 0 Å². The van der Waals surface area contributed by atoms with Crippen LogP contribution < -0.4 is 0 Å². The summed E-state index contributed by atoms with van der Waals surface area (Å²) in [5.74, 6) is -1.63. The molecule has 1 heterocycles. The largest absolute Gasteiger partial charge is 0.334 e. The number of fused-ring (bicyclic) bond motifs is 1. The molecule has 0 bridgehead atoms. The van der Waals surface area contributed by atoms with Gasteiger partial charge in [-0.15, -0.1) is 0 Å². The number of hydrogen-bond donors (Lipinski definition) is 0. The summed E-state index contributed by atoms with van der Waals surface area (Å²) in [6, 6.07) is 12.9. The molecule has 1 saturated carbocycles. The van der Waals surface area contributed by atoms with Crippen molar-refractivity contribution >= 4 is 17.7 Å². The Balaban J connectivity index is 1.52. The quantitative estimate of drug-likeness (QED) is 0.778. The molecule has 3 amide bonds. The van der Waals surface area contributed by atoms with E-state index in [1.54, 1.807) is 47.4 Å². The molecule has 2 aromatic rings. The monoisotopic (exact) mass is 352 g/mol. The Morgan fingerprint density at radius 2 is 1.58 bits per heavy atom. The molecule has 0 N–H and O–H groups in total. The standard InChI is InChI=1S/C20H17FN2O3/c21-17-8-4-1-5-13(17)11-22(14-9-10-14)18(24)12-23-19(25)15-6-2-3-7-16(15)20(23)26/h1-8,14H,9-12H2. The zero-order valence-corrected chi connectivity index (χ0v) is 14.0. The van der Waals surface area contributed by atoms with E-state index in [2.05, 4.69) is 0 Å². The molecule has 1 fully saturated rings. The van der Waals surface area contributed by atoms with Crippen LogP contribution in [0, 0.1) is 5.82 Å². The second kappa shape index (κ2) is 6.37. The van der Waals surface area contributed by atoms with Gasteiger partial charge in [-0.05, 0) is 31.0 Å². The molecule has 4 rings (SSSR count). The molecule has 0 atom stereocenters. The van der Waals surface area contributed by atoms with Gasteiger partial charge in [0, 0.05) is 18.2 Å². The third-order valence-electron chi connectivity index (χ3n) is 4.78. The van der Waals surface area contributed by atoms with Gasteiger partial charge in [-0.2, -0.15) is 0 Å². The Kier molecular flexibility index (Phi) is 4.03. The zero-order valence-electron chi connectivity index (χ0n) is 14.0. The minimum absolute atomic E-state index is 0.0392. The average Bonchev–Trinajstić information content (AvgIpc) is 3.46. The molecule has 132 valence electrons. The van der Waals surface area contributed by atoms with Crippen molar-refractivity contribution in [1.82, 2.24) is 9.80 Å². The summed E-state index contributed by atoms with van der Waals surface area (Å²) in [6.45, 7) is -0.184. The van der Waals surface area contributed by atoms with Gasteiger partial charge in [-0.1, -0.05) is 30.3 Å². The van der Waals surface area contributed by atoms with Gasteiger partial charge in [0.25, 0.3) is 11.8 Å². The predicted molar refractivity (Wildman–Crippen MR) is 91.8 cm³/mol. The number of rotatable bonds is 5. The highest BCUT2D eigenvalue weighted by atomic mass is 19.1. The number of amides is 3. The third-order valence-corrected chi connectivity index (χ3v) is 4.78. The Bertz CT molecular complexity index is 872. The summed E-state index contributed by atoms with van der Waals surface area (Å²) in [7, 11) is 0. The normalized spacial score (nSPS) is 16.0. The number of imide groups is 1.